The third-order valence-corrected chi connectivity index (χ3v) is 4.65. The van der Waals surface area contributed by atoms with Gasteiger partial charge in [-0.15, -0.1) is 0 Å². The van der Waals surface area contributed by atoms with Gasteiger partial charge in [0.1, 0.15) is 0 Å². The number of fused-ring (bicyclic) bond motifs is 1. The van der Waals surface area contributed by atoms with Crippen molar-refractivity contribution < 1.29 is 4.74 Å². The summed E-state index contributed by atoms with van der Waals surface area (Å²) in [5.74, 6) is 6.21. The van der Waals surface area contributed by atoms with Crippen molar-refractivity contribution in [3.63, 3.8) is 0 Å². The van der Waals surface area contributed by atoms with Crippen LogP contribution >= 0.6 is 0 Å². The van der Waals surface area contributed by atoms with Crippen LogP contribution < -0.4 is 11.3 Å². The molecule has 1 aromatic heterocycles. The molecule has 0 aromatic carbocycles. The van der Waals surface area contributed by atoms with E-state index in [1.807, 2.05) is 12.3 Å². The normalized spacial score (nSPS) is 28.3. The van der Waals surface area contributed by atoms with Crippen LogP contribution in [-0.2, 0) is 11.2 Å². The number of hydrazine groups is 1. The van der Waals surface area contributed by atoms with Crippen molar-refractivity contribution in [2.75, 3.05) is 26.2 Å². The third-order valence-electron chi connectivity index (χ3n) is 4.65. The summed E-state index contributed by atoms with van der Waals surface area (Å²) in [7, 11) is 0. The molecular formula is C15H24N4O. The molecule has 1 aliphatic heterocycles. The van der Waals surface area contributed by atoms with Gasteiger partial charge < -0.3 is 4.74 Å². The highest BCUT2D eigenvalue weighted by Gasteiger charge is 2.37. The fraction of sp³-hybridized carbons (Fsp3) is 0.667. The van der Waals surface area contributed by atoms with Crippen molar-refractivity contribution in [3.8, 4) is 0 Å². The number of ether oxygens (including phenoxy) is 1. The van der Waals surface area contributed by atoms with Crippen molar-refractivity contribution >= 4 is 0 Å². The highest BCUT2D eigenvalue weighted by atomic mass is 16.5. The van der Waals surface area contributed by atoms with Gasteiger partial charge in [0.05, 0.1) is 18.8 Å². The first kappa shape index (κ1) is 13.9. The van der Waals surface area contributed by atoms with Gasteiger partial charge in [-0.1, -0.05) is 13.0 Å². The van der Waals surface area contributed by atoms with E-state index in [4.69, 9.17) is 10.6 Å². The van der Waals surface area contributed by atoms with E-state index in [1.54, 1.807) is 0 Å². The molecule has 3 N–H and O–H groups in total. The first-order valence-electron chi connectivity index (χ1n) is 7.57. The van der Waals surface area contributed by atoms with Gasteiger partial charge in [-0.2, -0.15) is 0 Å². The van der Waals surface area contributed by atoms with Gasteiger partial charge in [0.2, 0.25) is 0 Å². The Labute approximate surface area is 120 Å². The lowest BCUT2D eigenvalue weighted by Gasteiger charge is -2.38. The Morgan fingerprint density at radius 3 is 3.30 bits per heavy atom. The summed E-state index contributed by atoms with van der Waals surface area (Å²) >= 11 is 0. The summed E-state index contributed by atoms with van der Waals surface area (Å²) < 4.78 is 5.98. The van der Waals surface area contributed by atoms with E-state index in [0.717, 1.165) is 39.1 Å². The molecule has 2 heterocycles. The zero-order valence-corrected chi connectivity index (χ0v) is 12.1. The predicted molar refractivity (Wildman–Crippen MR) is 78.3 cm³/mol. The van der Waals surface area contributed by atoms with Crippen molar-refractivity contribution in [1.82, 2.24) is 15.3 Å². The van der Waals surface area contributed by atoms with Gasteiger partial charge in [0.15, 0.2) is 0 Å². The number of likely N-dealkylation sites (N-methyl/N-ethyl adjacent to an activating group) is 1. The Kier molecular flexibility index (Phi) is 4.31. The number of nitrogens with one attached hydrogen (secondary N) is 1. The Morgan fingerprint density at radius 2 is 2.50 bits per heavy atom. The van der Waals surface area contributed by atoms with Gasteiger partial charge >= 0.3 is 0 Å². The Hall–Kier alpha value is -1.01. The molecule has 0 radical (unpaired) electrons. The van der Waals surface area contributed by atoms with Gasteiger partial charge in [0, 0.05) is 30.9 Å². The Bertz CT molecular complexity index is 453. The molecule has 110 valence electrons. The molecule has 0 saturated carbocycles. The number of hydrogen-bond acceptors (Lipinski definition) is 5. The lowest BCUT2D eigenvalue weighted by atomic mass is 9.92. The Balaban J connectivity index is 1.77. The highest BCUT2D eigenvalue weighted by molar-refractivity contribution is 5.30. The topological polar surface area (TPSA) is 63.4 Å². The average Bonchev–Trinajstić information content (AvgIpc) is 2.93. The van der Waals surface area contributed by atoms with Crippen molar-refractivity contribution in [1.29, 1.82) is 0 Å². The molecule has 2 aliphatic rings. The average molecular weight is 276 g/mol. The number of hydrogen-bond donors (Lipinski definition) is 2. The van der Waals surface area contributed by atoms with Crippen LogP contribution in [0.25, 0.3) is 0 Å². The summed E-state index contributed by atoms with van der Waals surface area (Å²) in [6, 6.07) is 4.33. The number of nitrogens with two attached hydrogens (primary N) is 1. The first-order chi connectivity index (χ1) is 9.83. The number of rotatable bonds is 4. The molecule has 1 aliphatic carbocycles. The monoisotopic (exact) mass is 276 g/mol. The van der Waals surface area contributed by atoms with Crippen LogP contribution in [0.2, 0.25) is 0 Å². The summed E-state index contributed by atoms with van der Waals surface area (Å²) in [5.41, 5.74) is 5.57. The van der Waals surface area contributed by atoms with Crippen LogP contribution in [-0.4, -0.2) is 48.3 Å². The maximum atomic E-state index is 5.98. The van der Waals surface area contributed by atoms with Gasteiger partial charge in [-0.25, -0.2) is 0 Å². The van der Waals surface area contributed by atoms with Gasteiger partial charge in [-0.05, 0) is 31.0 Å². The standard InChI is InChI=1S/C15H24N4O/c1-2-19-8-9-20-13(10-19)15(18-16)12-6-5-11-4-3-7-17-14(11)12/h3-4,7,12-13,15,18H,2,5-6,8-10,16H2,1H3. The van der Waals surface area contributed by atoms with Crippen LogP contribution in [0.15, 0.2) is 18.3 Å². The molecule has 1 saturated heterocycles. The van der Waals surface area contributed by atoms with Crippen LogP contribution in [0.1, 0.15) is 30.5 Å². The molecule has 5 nitrogen and oxygen atoms in total. The van der Waals surface area contributed by atoms with Crippen molar-refractivity contribution in [2.45, 2.75) is 37.8 Å². The van der Waals surface area contributed by atoms with E-state index >= 15 is 0 Å². The van der Waals surface area contributed by atoms with Gasteiger partial charge in [-0.3, -0.25) is 21.2 Å². The van der Waals surface area contributed by atoms with E-state index < -0.39 is 0 Å². The molecule has 1 fully saturated rings. The lowest BCUT2D eigenvalue weighted by molar-refractivity contribution is -0.0496. The highest BCUT2D eigenvalue weighted by Crippen LogP contribution is 2.35. The van der Waals surface area contributed by atoms with Gasteiger partial charge in [0.25, 0.3) is 0 Å². The molecule has 0 spiro atoms. The van der Waals surface area contributed by atoms with Crippen molar-refractivity contribution in [3.05, 3.63) is 29.6 Å². The van der Waals surface area contributed by atoms with Crippen LogP contribution in [0.4, 0.5) is 0 Å². The maximum absolute atomic E-state index is 5.98. The first-order valence-corrected chi connectivity index (χ1v) is 7.57. The zero-order valence-electron chi connectivity index (χ0n) is 12.1. The third kappa shape index (κ3) is 2.59. The Morgan fingerprint density at radius 1 is 1.60 bits per heavy atom. The second-order valence-electron chi connectivity index (χ2n) is 5.69. The summed E-state index contributed by atoms with van der Waals surface area (Å²) in [6.45, 7) is 6.02. The van der Waals surface area contributed by atoms with E-state index in [9.17, 15) is 0 Å². The smallest absolute Gasteiger partial charge is 0.0875 e. The number of nitrogens with zero attached hydrogens (tertiary/aromatic N) is 2. The molecule has 5 heteroatoms. The van der Waals surface area contributed by atoms with Crippen molar-refractivity contribution in [2.24, 2.45) is 5.84 Å². The second kappa shape index (κ2) is 6.18. The maximum Gasteiger partial charge on any atom is 0.0875 e. The quantitative estimate of drug-likeness (QED) is 0.625. The van der Waals surface area contributed by atoms with Crippen LogP contribution in [0.3, 0.4) is 0 Å². The predicted octanol–water partition coefficient (Wildman–Crippen LogP) is 0.664. The van der Waals surface area contributed by atoms with Crippen LogP contribution in [0.5, 0.6) is 0 Å². The second-order valence-corrected chi connectivity index (χ2v) is 5.69. The number of morpholine rings is 1. The zero-order chi connectivity index (χ0) is 13.9. The fourth-order valence-electron chi connectivity index (χ4n) is 3.51. The SMILES string of the molecule is CCN1CCOC(C(NN)C2CCc3cccnc32)C1. The molecule has 3 atom stereocenters. The number of aryl methyl sites for hydroxylation is 1. The summed E-state index contributed by atoms with van der Waals surface area (Å²) in [6.07, 6.45) is 4.22. The minimum atomic E-state index is 0.139. The van der Waals surface area contributed by atoms with E-state index in [1.165, 1.54) is 11.3 Å². The van der Waals surface area contributed by atoms with Crippen LogP contribution in [0, 0.1) is 0 Å². The molecule has 20 heavy (non-hydrogen) atoms. The summed E-state index contributed by atoms with van der Waals surface area (Å²) in [5, 5.41) is 0. The fourth-order valence-corrected chi connectivity index (χ4v) is 3.51. The number of pyridine rings is 1. The molecule has 1 aromatic rings. The molecule has 3 rings (SSSR count). The molecule has 0 amide bonds. The van der Waals surface area contributed by atoms with E-state index in [0.29, 0.717) is 5.92 Å². The van der Waals surface area contributed by atoms with E-state index in [2.05, 4.69) is 28.3 Å². The van der Waals surface area contributed by atoms with E-state index in [-0.39, 0.29) is 12.1 Å². The molecule has 3 unspecified atom stereocenters. The largest absolute Gasteiger partial charge is 0.374 e. The molecule has 0 bridgehead atoms. The lowest BCUT2D eigenvalue weighted by Crippen LogP contribution is -2.56. The number of aromatic nitrogens is 1. The molecular weight excluding hydrogens is 252 g/mol. The minimum Gasteiger partial charge on any atom is -0.374 e. The minimum absolute atomic E-state index is 0.139. The summed E-state index contributed by atoms with van der Waals surface area (Å²) in [4.78, 5) is 7.00.